The summed E-state index contributed by atoms with van der Waals surface area (Å²) in [5.74, 6) is 0. The van der Waals surface area contributed by atoms with Gasteiger partial charge in [-0.05, 0) is 75.8 Å². The number of hydrogen-bond donors (Lipinski definition) is 0. The molecule has 2 heterocycles. The van der Waals surface area contributed by atoms with Crippen LogP contribution in [0.1, 0.15) is 5.56 Å². The van der Waals surface area contributed by atoms with Crippen LogP contribution in [0.4, 0.5) is 0 Å². The Morgan fingerprint density at radius 1 is 0.512 bits per heavy atom. The summed E-state index contributed by atoms with van der Waals surface area (Å²) in [7, 11) is 2.16. The Morgan fingerprint density at radius 3 is 1.95 bits per heavy atom. The lowest BCUT2D eigenvalue weighted by Gasteiger charge is -2.12. The lowest BCUT2D eigenvalue weighted by Crippen LogP contribution is -2.30. The zero-order valence-electron chi connectivity index (χ0n) is 24.3. The van der Waals surface area contributed by atoms with Crippen molar-refractivity contribution in [3.63, 3.8) is 0 Å². The third kappa shape index (κ3) is 4.23. The van der Waals surface area contributed by atoms with E-state index in [9.17, 15) is 0 Å². The first-order valence-electron chi connectivity index (χ1n) is 14.8. The fourth-order valence-electron chi connectivity index (χ4n) is 6.65. The quantitative estimate of drug-likeness (QED) is 0.192. The topological polar surface area (TPSA) is 8.81 Å². The second-order valence-corrected chi connectivity index (χ2v) is 11.4. The van der Waals surface area contributed by atoms with Crippen molar-refractivity contribution in [2.24, 2.45) is 7.05 Å². The zero-order valence-corrected chi connectivity index (χ0v) is 24.3. The fraction of sp³-hybridized carbons (Fsp3) is 0.0488. The molecule has 0 aliphatic carbocycles. The van der Waals surface area contributed by atoms with E-state index in [1.165, 1.54) is 71.7 Å². The molecule has 0 radical (unpaired) electrons. The number of aryl methyl sites for hydroxylation is 2. The number of aromatic nitrogens is 2. The van der Waals surface area contributed by atoms with Crippen molar-refractivity contribution in [1.82, 2.24) is 4.57 Å². The molecule has 8 rings (SSSR count). The molecule has 2 heteroatoms. The van der Waals surface area contributed by atoms with Crippen molar-refractivity contribution in [3.05, 3.63) is 157 Å². The first-order valence-corrected chi connectivity index (χ1v) is 14.8. The molecule has 0 unspecified atom stereocenters. The van der Waals surface area contributed by atoms with Gasteiger partial charge in [0.1, 0.15) is 7.05 Å². The van der Waals surface area contributed by atoms with E-state index in [1.807, 2.05) is 0 Å². The molecule has 0 fully saturated rings. The van der Waals surface area contributed by atoms with Crippen LogP contribution in [0.15, 0.2) is 152 Å². The summed E-state index contributed by atoms with van der Waals surface area (Å²) in [6, 6.07) is 52.8. The summed E-state index contributed by atoms with van der Waals surface area (Å²) in [5, 5.41) is 5.06. The lowest BCUT2D eigenvalue weighted by atomic mass is 9.96. The minimum atomic E-state index is 1.16. The van der Waals surface area contributed by atoms with Gasteiger partial charge in [0.2, 0.25) is 5.69 Å². The van der Waals surface area contributed by atoms with E-state index in [0.29, 0.717) is 0 Å². The van der Waals surface area contributed by atoms with Crippen LogP contribution < -0.4 is 4.57 Å². The Kier molecular flexibility index (Phi) is 5.94. The van der Waals surface area contributed by atoms with Crippen LogP contribution in [0.25, 0.3) is 71.8 Å². The Morgan fingerprint density at radius 2 is 1.14 bits per heavy atom. The van der Waals surface area contributed by atoms with Gasteiger partial charge in [-0.2, -0.15) is 0 Å². The number of hydrogen-bond acceptors (Lipinski definition) is 0. The number of benzene rings is 6. The van der Waals surface area contributed by atoms with E-state index < -0.39 is 0 Å². The molecular weight excluding hydrogens is 520 g/mol. The van der Waals surface area contributed by atoms with Crippen molar-refractivity contribution in [1.29, 1.82) is 0 Å². The van der Waals surface area contributed by atoms with Gasteiger partial charge >= 0.3 is 0 Å². The molecule has 0 spiro atoms. The SMILES string of the molecule is Cc1cc2ccccc2cc1-c1c2c3ccccc3n(-c3cccc(-c4cccc(-c5ccccc5)c4)c3)c2cc[n+]1C. The van der Waals surface area contributed by atoms with Gasteiger partial charge < -0.3 is 4.57 Å². The Hall–Kier alpha value is -5.47. The number of fused-ring (bicyclic) bond motifs is 4. The summed E-state index contributed by atoms with van der Waals surface area (Å²) in [6.07, 6.45) is 2.20. The number of nitrogens with zero attached hydrogens (tertiary/aromatic N) is 2. The van der Waals surface area contributed by atoms with Crippen LogP contribution in [-0.4, -0.2) is 4.57 Å². The first kappa shape index (κ1) is 25.3. The Bertz CT molecular complexity index is 2310. The monoisotopic (exact) mass is 551 g/mol. The Labute approximate surface area is 251 Å². The molecule has 2 aromatic heterocycles. The molecule has 0 bridgehead atoms. The van der Waals surface area contributed by atoms with Crippen molar-refractivity contribution < 1.29 is 4.57 Å². The zero-order chi connectivity index (χ0) is 28.9. The average molecular weight is 552 g/mol. The predicted molar refractivity (Wildman–Crippen MR) is 181 cm³/mol. The molecule has 204 valence electrons. The van der Waals surface area contributed by atoms with Crippen molar-refractivity contribution in [2.45, 2.75) is 6.92 Å². The van der Waals surface area contributed by atoms with Crippen LogP contribution in [0.5, 0.6) is 0 Å². The van der Waals surface area contributed by atoms with Gasteiger partial charge in [-0.15, -0.1) is 0 Å². The minimum Gasteiger partial charge on any atom is -0.309 e. The summed E-state index contributed by atoms with van der Waals surface area (Å²) in [5.41, 5.74) is 12.2. The maximum absolute atomic E-state index is 2.43. The maximum Gasteiger partial charge on any atom is 0.222 e. The molecule has 0 N–H and O–H groups in total. The second-order valence-electron chi connectivity index (χ2n) is 11.4. The Balaban J connectivity index is 1.35. The summed E-state index contributed by atoms with van der Waals surface area (Å²) >= 11 is 0. The standard InChI is InChI=1S/C41H31N2/c1-28-24-30-14-6-7-15-34(30)27-37(28)41-40-36-20-8-9-21-38(36)43(39(40)22-23-42(41)2)35-19-11-18-33(26-35)32-17-10-16-31(25-32)29-12-4-3-5-13-29/h3-27H,1-2H3/q+1. The third-order valence-corrected chi connectivity index (χ3v) is 8.71. The van der Waals surface area contributed by atoms with Gasteiger partial charge in [-0.1, -0.05) is 109 Å². The van der Waals surface area contributed by atoms with Crippen molar-refractivity contribution in [2.75, 3.05) is 0 Å². The number of rotatable bonds is 4. The van der Waals surface area contributed by atoms with Crippen LogP contribution in [0, 0.1) is 6.92 Å². The minimum absolute atomic E-state index is 1.16. The molecule has 6 aromatic carbocycles. The molecule has 0 saturated heterocycles. The van der Waals surface area contributed by atoms with E-state index >= 15 is 0 Å². The molecule has 0 saturated carbocycles. The maximum atomic E-state index is 2.43. The largest absolute Gasteiger partial charge is 0.309 e. The van der Waals surface area contributed by atoms with Crippen molar-refractivity contribution >= 4 is 32.6 Å². The van der Waals surface area contributed by atoms with Gasteiger partial charge in [-0.25, -0.2) is 4.57 Å². The van der Waals surface area contributed by atoms with E-state index in [-0.39, 0.29) is 0 Å². The summed E-state index contributed by atoms with van der Waals surface area (Å²) < 4.78 is 4.71. The molecular formula is C41H31N2+. The summed E-state index contributed by atoms with van der Waals surface area (Å²) in [4.78, 5) is 0. The highest BCUT2D eigenvalue weighted by Crippen LogP contribution is 2.39. The number of pyridine rings is 1. The highest BCUT2D eigenvalue weighted by Gasteiger charge is 2.24. The smallest absolute Gasteiger partial charge is 0.222 e. The van der Waals surface area contributed by atoms with E-state index in [2.05, 4.69) is 175 Å². The predicted octanol–water partition coefficient (Wildman–Crippen LogP) is 10.1. The molecule has 2 nitrogen and oxygen atoms in total. The highest BCUT2D eigenvalue weighted by atomic mass is 15.0. The van der Waals surface area contributed by atoms with Gasteiger partial charge in [0.05, 0.1) is 22.0 Å². The van der Waals surface area contributed by atoms with Crippen LogP contribution >= 0.6 is 0 Å². The molecule has 0 aliphatic rings. The van der Waals surface area contributed by atoms with E-state index in [4.69, 9.17) is 0 Å². The van der Waals surface area contributed by atoms with Crippen molar-refractivity contribution in [3.8, 4) is 39.2 Å². The lowest BCUT2D eigenvalue weighted by molar-refractivity contribution is -0.659. The average Bonchev–Trinajstić information content (AvgIpc) is 3.39. The van der Waals surface area contributed by atoms with Gasteiger partial charge in [0.25, 0.3) is 0 Å². The fourth-order valence-corrected chi connectivity index (χ4v) is 6.65. The third-order valence-electron chi connectivity index (χ3n) is 8.71. The van der Waals surface area contributed by atoms with E-state index in [1.54, 1.807) is 0 Å². The van der Waals surface area contributed by atoms with Gasteiger partial charge in [0.15, 0.2) is 6.20 Å². The van der Waals surface area contributed by atoms with Crippen LogP contribution in [0.3, 0.4) is 0 Å². The molecule has 0 atom stereocenters. The highest BCUT2D eigenvalue weighted by molar-refractivity contribution is 6.14. The molecule has 0 aliphatic heterocycles. The summed E-state index contributed by atoms with van der Waals surface area (Å²) in [6.45, 7) is 2.23. The molecule has 43 heavy (non-hydrogen) atoms. The molecule has 0 amide bonds. The van der Waals surface area contributed by atoms with Crippen LogP contribution in [-0.2, 0) is 7.05 Å². The number of para-hydroxylation sites is 1. The normalized spacial score (nSPS) is 11.5. The van der Waals surface area contributed by atoms with Gasteiger partial charge in [-0.3, -0.25) is 0 Å². The second kappa shape index (κ2) is 10.1. The van der Waals surface area contributed by atoms with Crippen LogP contribution in [0.2, 0.25) is 0 Å². The molecule has 8 aromatic rings. The first-order chi connectivity index (χ1) is 21.2. The van der Waals surface area contributed by atoms with Gasteiger partial charge in [0, 0.05) is 17.1 Å². The van der Waals surface area contributed by atoms with E-state index in [0.717, 1.165) is 5.69 Å².